The summed E-state index contributed by atoms with van der Waals surface area (Å²) in [5, 5.41) is 3.14. The minimum absolute atomic E-state index is 0.0468. The number of hydrogen-bond donors (Lipinski definition) is 4. The summed E-state index contributed by atoms with van der Waals surface area (Å²) in [6.07, 6.45) is 2.84. The number of hydrogen-bond acceptors (Lipinski definition) is 11. The van der Waals surface area contributed by atoms with E-state index in [9.17, 15) is 25.9 Å². The van der Waals surface area contributed by atoms with Crippen LogP contribution in [-0.2, 0) is 25.0 Å². The maximum absolute atomic E-state index is 12.7. The number of nitrogens with two attached hydrogens (primary N) is 1. The van der Waals surface area contributed by atoms with Crippen LogP contribution in [-0.4, -0.2) is 71.3 Å². The molecule has 2 aromatic carbocycles. The van der Waals surface area contributed by atoms with E-state index in [0.29, 0.717) is 43.5 Å². The van der Waals surface area contributed by atoms with Crippen molar-refractivity contribution in [3.8, 4) is 0 Å². The molecule has 0 saturated carbocycles. The quantitative estimate of drug-likeness (QED) is 0.271. The zero-order valence-corrected chi connectivity index (χ0v) is 23.8. The SMILES string of the molecule is NC1=C(C=C(c2ccccc2)c2nc(Nc3ccccc3)nc(N3CCOCC3)n2)C(S(=O)(=O)O)(S(=O)(=O)O)CC=C1. The van der Waals surface area contributed by atoms with Gasteiger partial charge in [-0.05, 0) is 29.8 Å². The van der Waals surface area contributed by atoms with Crippen LogP contribution in [0.3, 0.4) is 0 Å². The van der Waals surface area contributed by atoms with Crippen molar-refractivity contribution in [2.75, 3.05) is 36.5 Å². The van der Waals surface area contributed by atoms with Gasteiger partial charge in [0.25, 0.3) is 24.3 Å². The first kappa shape index (κ1) is 29.3. The summed E-state index contributed by atoms with van der Waals surface area (Å²) in [6.45, 7) is 1.89. The number of allylic oxidation sites excluding steroid dienone is 3. The Balaban J connectivity index is 1.77. The van der Waals surface area contributed by atoms with Gasteiger partial charge in [-0.1, -0.05) is 54.6 Å². The van der Waals surface area contributed by atoms with Crippen molar-refractivity contribution in [3.63, 3.8) is 0 Å². The Hall–Kier alpha value is -4.15. The standard InChI is InChI=1S/C27H28N6O7S2/c28-23-12-7-13-27(41(34,35)36,42(37,38)39)22(23)18-21(19-8-3-1-4-9-19)24-30-25(29-20-10-5-2-6-11-20)32-26(31-24)33-14-16-40-17-15-33/h1-12,18H,13-17,28H2,(H,34,35,36)(H,37,38,39)(H,29,30,31,32). The first-order valence-electron chi connectivity index (χ1n) is 12.8. The number of aromatic nitrogens is 3. The third-order valence-corrected chi connectivity index (χ3v) is 10.5. The second-order valence-corrected chi connectivity index (χ2v) is 13.0. The van der Waals surface area contributed by atoms with Gasteiger partial charge in [0.05, 0.1) is 13.2 Å². The van der Waals surface area contributed by atoms with Gasteiger partial charge >= 0.3 is 0 Å². The Bertz CT molecular complexity index is 1740. The van der Waals surface area contributed by atoms with Crippen LogP contribution >= 0.6 is 0 Å². The van der Waals surface area contributed by atoms with Crippen LogP contribution in [0.1, 0.15) is 17.8 Å². The molecule has 1 aromatic heterocycles. The van der Waals surface area contributed by atoms with E-state index in [1.54, 1.807) is 30.3 Å². The minimum Gasteiger partial charge on any atom is -0.398 e. The summed E-state index contributed by atoms with van der Waals surface area (Å²) in [6, 6.07) is 17.7. The lowest BCUT2D eigenvalue weighted by Gasteiger charge is -2.31. The first-order chi connectivity index (χ1) is 20.0. The van der Waals surface area contributed by atoms with Crippen LogP contribution in [0.2, 0.25) is 0 Å². The molecule has 13 nitrogen and oxygen atoms in total. The van der Waals surface area contributed by atoms with E-state index in [1.165, 1.54) is 12.2 Å². The van der Waals surface area contributed by atoms with Gasteiger partial charge in [0.1, 0.15) is 0 Å². The molecule has 0 atom stereocenters. The summed E-state index contributed by atoms with van der Waals surface area (Å²) >= 11 is 0. The van der Waals surface area contributed by atoms with E-state index in [0.717, 1.165) is 6.08 Å². The third-order valence-electron chi connectivity index (χ3n) is 6.80. The third kappa shape index (κ3) is 5.77. The maximum atomic E-state index is 12.7. The lowest BCUT2D eigenvalue weighted by atomic mass is 9.95. The molecule has 1 fully saturated rings. The van der Waals surface area contributed by atoms with Crippen LogP contribution in [0, 0.1) is 0 Å². The number of para-hydroxylation sites is 1. The van der Waals surface area contributed by atoms with E-state index in [-0.39, 0.29) is 23.0 Å². The molecule has 0 radical (unpaired) electrons. The fourth-order valence-electron chi connectivity index (χ4n) is 4.71. The van der Waals surface area contributed by atoms with Gasteiger partial charge in [-0.25, -0.2) is 0 Å². The second kappa shape index (κ2) is 11.6. The number of benzene rings is 2. The summed E-state index contributed by atoms with van der Waals surface area (Å²) in [5.41, 5.74) is 6.61. The number of morpholine rings is 1. The molecule has 0 amide bonds. The first-order valence-corrected chi connectivity index (χ1v) is 15.7. The van der Waals surface area contributed by atoms with Gasteiger partial charge in [0.2, 0.25) is 11.9 Å². The molecule has 0 unspecified atom stereocenters. The smallest absolute Gasteiger partial charge is 0.292 e. The van der Waals surface area contributed by atoms with Crippen molar-refractivity contribution < 1.29 is 30.7 Å². The molecule has 3 aromatic rings. The normalized spacial score (nSPS) is 17.8. The monoisotopic (exact) mass is 612 g/mol. The Kier molecular flexibility index (Phi) is 8.12. The lowest BCUT2D eigenvalue weighted by molar-refractivity contribution is 0.122. The molecule has 42 heavy (non-hydrogen) atoms. The Morgan fingerprint density at radius 2 is 1.55 bits per heavy atom. The van der Waals surface area contributed by atoms with Crippen LogP contribution in [0.15, 0.2) is 90.2 Å². The van der Waals surface area contributed by atoms with Gasteiger partial charge in [-0.3, -0.25) is 9.11 Å². The van der Waals surface area contributed by atoms with Crippen LogP contribution < -0.4 is 16.0 Å². The molecular formula is C27H28N6O7S2. The number of anilines is 3. The van der Waals surface area contributed by atoms with Gasteiger partial charge in [0.15, 0.2) is 5.82 Å². The highest BCUT2D eigenvalue weighted by atomic mass is 32.3. The molecule has 0 spiro atoms. The highest BCUT2D eigenvalue weighted by Gasteiger charge is 2.58. The molecule has 2 aliphatic rings. The topological polar surface area (TPSA) is 198 Å². The van der Waals surface area contributed by atoms with E-state index in [1.807, 2.05) is 35.2 Å². The lowest BCUT2D eigenvalue weighted by Crippen LogP contribution is -2.49. The van der Waals surface area contributed by atoms with E-state index >= 15 is 0 Å². The molecule has 0 bridgehead atoms. The largest absolute Gasteiger partial charge is 0.398 e. The summed E-state index contributed by atoms with van der Waals surface area (Å²) in [7, 11) is -10.9. The van der Waals surface area contributed by atoms with E-state index in [4.69, 9.17) is 10.5 Å². The molecular weight excluding hydrogens is 584 g/mol. The Morgan fingerprint density at radius 3 is 2.17 bits per heavy atom. The van der Waals surface area contributed by atoms with Crippen LogP contribution in [0.25, 0.3) is 5.57 Å². The van der Waals surface area contributed by atoms with Crippen molar-refractivity contribution in [2.45, 2.75) is 10.5 Å². The highest BCUT2D eigenvalue weighted by molar-refractivity contribution is 8.05. The predicted octanol–water partition coefficient (Wildman–Crippen LogP) is 2.53. The number of nitrogens with one attached hydrogen (secondary N) is 1. The molecule has 220 valence electrons. The fourth-order valence-corrected chi connectivity index (χ4v) is 7.30. The van der Waals surface area contributed by atoms with Crippen LogP contribution in [0.4, 0.5) is 17.6 Å². The maximum Gasteiger partial charge on any atom is 0.292 e. The summed E-state index contributed by atoms with van der Waals surface area (Å²) in [5.74, 6) is 0.506. The summed E-state index contributed by atoms with van der Waals surface area (Å²) in [4.78, 5) is 15.8. The molecule has 1 saturated heterocycles. The Morgan fingerprint density at radius 1 is 0.929 bits per heavy atom. The van der Waals surface area contributed by atoms with Gasteiger partial charge in [-0.15, -0.1) is 0 Å². The van der Waals surface area contributed by atoms with Crippen molar-refractivity contribution in [2.24, 2.45) is 5.73 Å². The van der Waals surface area contributed by atoms with E-state index in [2.05, 4.69) is 20.3 Å². The zero-order valence-electron chi connectivity index (χ0n) is 22.2. The van der Waals surface area contributed by atoms with Crippen molar-refractivity contribution >= 4 is 43.4 Å². The van der Waals surface area contributed by atoms with Crippen molar-refractivity contribution in [1.29, 1.82) is 0 Å². The number of rotatable bonds is 8. The number of ether oxygens (including phenoxy) is 1. The molecule has 2 heterocycles. The van der Waals surface area contributed by atoms with E-state index < -0.39 is 36.3 Å². The number of nitrogens with zero attached hydrogens (tertiary/aromatic N) is 4. The predicted molar refractivity (Wildman–Crippen MR) is 157 cm³/mol. The zero-order chi connectivity index (χ0) is 30.0. The Labute approximate surface area is 243 Å². The van der Waals surface area contributed by atoms with Gasteiger partial charge < -0.3 is 20.7 Å². The average molecular weight is 613 g/mol. The minimum atomic E-state index is -5.47. The molecule has 5 rings (SSSR count). The van der Waals surface area contributed by atoms with Gasteiger partial charge in [-0.2, -0.15) is 31.8 Å². The molecule has 1 aliphatic heterocycles. The van der Waals surface area contributed by atoms with Crippen molar-refractivity contribution in [3.05, 3.63) is 102 Å². The highest BCUT2D eigenvalue weighted by Crippen LogP contribution is 2.42. The second-order valence-electron chi connectivity index (χ2n) is 9.48. The average Bonchev–Trinajstić information content (AvgIpc) is 2.96. The molecule has 1 aliphatic carbocycles. The van der Waals surface area contributed by atoms with Gasteiger partial charge in [0, 0.05) is 42.0 Å². The molecule has 5 N–H and O–H groups in total. The summed E-state index contributed by atoms with van der Waals surface area (Å²) < 4.78 is 73.4. The fraction of sp³-hybridized carbons (Fsp3) is 0.222. The van der Waals surface area contributed by atoms with Crippen molar-refractivity contribution in [1.82, 2.24) is 15.0 Å². The van der Waals surface area contributed by atoms with Crippen LogP contribution in [0.5, 0.6) is 0 Å². The molecule has 15 heteroatoms.